The first-order chi connectivity index (χ1) is 8.94. The fraction of sp³-hybridized carbons (Fsp3) is 0.625. The molecule has 0 saturated carbocycles. The van der Waals surface area contributed by atoms with Gasteiger partial charge in [0.2, 0.25) is 0 Å². The molecule has 0 unspecified atom stereocenters. The van der Waals surface area contributed by atoms with E-state index >= 15 is 0 Å². The van der Waals surface area contributed by atoms with E-state index in [9.17, 15) is 5.11 Å². The number of rotatable bonds is 2. The van der Waals surface area contributed by atoms with Crippen molar-refractivity contribution >= 4 is 0 Å². The number of nitrogens with one attached hydrogen (secondary N) is 1. The van der Waals surface area contributed by atoms with Crippen LogP contribution in [0.5, 0.6) is 0 Å². The van der Waals surface area contributed by atoms with Crippen molar-refractivity contribution in [3.05, 3.63) is 35.9 Å². The van der Waals surface area contributed by atoms with Crippen molar-refractivity contribution in [3.63, 3.8) is 0 Å². The first kappa shape index (κ1) is 13.1. The Balaban J connectivity index is 1.78. The van der Waals surface area contributed by atoms with Gasteiger partial charge in [0, 0.05) is 19.6 Å². The van der Waals surface area contributed by atoms with E-state index in [0.29, 0.717) is 6.54 Å². The summed E-state index contributed by atoms with van der Waals surface area (Å²) < 4.78 is 0. The number of hydrogen-bond acceptors (Lipinski definition) is 3. The molecule has 2 saturated heterocycles. The summed E-state index contributed by atoms with van der Waals surface area (Å²) >= 11 is 0. The monoisotopic (exact) mass is 260 g/mol. The molecule has 2 aliphatic rings. The van der Waals surface area contributed by atoms with Crippen molar-refractivity contribution in [1.82, 2.24) is 10.2 Å². The molecule has 0 aliphatic carbocycles. The maximum Gasteiger partial charge on any atom is 0.0838 e. The number of likely N-dealkylation sites (tertiary alicyclic amines) is 1. The Morgan fingerprint density at radius 2 is 2.00 bits per heavy atom. The van der Waals surface area contributed by atoms with Crippen molar-refractivity contribution in [2.24, 2.45) is 5.41 Å². The van der Waals surface area contributed by atoms with Crippen LogP contribution in [0.15, 0.2) is 30.3 Å². The van der Waals surface area contributed by atoms with Crippen LogP contribution >= 0.6 is 0 Å². The molecule has 2 N–H and O–H groups in total. The molecule has 2 aliphatic heterocycles. The highest BCUT2D eigenvalue weighted by atomic mass is 16.3. The van der Waals surface area contributed by atoms with Gasteiger partial charge in [0.05, 0.1) is 17.7 Å². The summed E-state index contributed by atoms with van der Waals surface area (Å²) in [4.78, 5) is 2.41. The van der Waals surface area contributed by atoms with E-state index in [0.717, 1.165) is 13.1 Å². The van der Waals surface area contributed by atoms with Gasteiger partial charge in [-0.25, -0.2) is 0 Å². The van der Waals surface area contributed by atoms with Gasteiger partial charge in [0.15, 0.2) is 0 Å². The molecule has 0 spiro atoms. The van der Waals surface area contributed by atoms with E-state index in [1.807, 2.05) is 6.07 Å². The Hall–Kier alpha value is -0.900. The number of nitrogens with zero attached hydrogens (tertiary/aromatic N) is 1. The predicted molar refractivity (Wildman–Crippen MR) is 76.8 cm³/mol. The first-order valence-corrected chi connectivity index (χ1v) is 7.15. The second-order valence-electron chi connectivity index (χ2n) is 7.01. The smallest absolute Gasteiger partial charge is 0.0838 e. The summed E-state index contributed by atoms with van der Waals surface area (Å²) in [5, 5.41) is 13.9. The summed E-state index contributed by atoms with van der Waals surface area (Å²) in [6.45, 7) is 9.48. The second kappa shape index (κ2) is 4.30. The summed E-state index contributed by atoms with van der Waals surface area (Å²) in [5.74, 6) is 0. The summed E-state index contributed by atoms with van der Waals surface area (Å²) in [6.07, 6.45) is -0.253. The summed E-state index contributed by atoms with van der Waals surface area (Å²) in [7, 11) is 0. The molecule has 1 aromatic carbocycles. The van der Waals surface area contributed by atoms with E-state index in [-0.39, 0.29) is 23.1 Å². The fourth-order valence-electron chi connectivity index (χ4n) is 3.76. The zero-order valence-corrected chi connectivity index (χ0v) is 12.1. The summed E-state index contributed by atoms with van der Waals surface area (Å²) in [6, 6.07) is 10.8. The number of hydrogen-bond donors (Lipinski definition) is 2. The predicted octanol–water partition coefficient (Wildman–Crippen LogP) is 1.62. The van der Waals surface area contributed by atoms with E-state index in [1.165, 1.54) is 5.56 Å². The maximum atomic E-state index is 10.3. The van der Waals surface area contributed by atoms with Crippen LogP contribution in [-0.2, 0) is 6.54 Å². The van der Waals surface area contributed by atoms with E-state index in [2.05, 4.69) is 55.3 Å². The van der Waals surface area contributed by atoms with Crippen LogP contribution < -0.4 is 5.32 Å². The zero-order valence-electron chi connectivity index (χ0n) is 12.1. The molecule has 0 amide bonds. The van der Waals surface area contributed by atoms with Gasteiger partial charge in [-0.1, -0.05) is 51.1 Å². The lowest BCUT2D eigenvalue weighted by Crippen LogP contribution is -2.77. The Bertz CT molecular complexity index is 454. The minimum Gasteiger partial charge on any atom is -0.390 e. The van der Waals surface area contributed by atoms with Crippen LogP contribution in [0.2, 0.25) is 0 Å². The molecule has 3 atom stereocenters. The highest BCUT2D eigenvalue weighted by Crippen LogP contribution is 2.47. The molecular weight excluding hydrogens is 236 g/mol. The molecule has 2 heterocycles. The minimum atomic E-state index is -0.253. The van der Waals surface area contributed by atoms with Crippen molar-refractivity contribution in [3.8, 4) is 0 Å². The van der Waals surface area contributed by atoms with Crippen LogP contribution in [-0.4, -0.2) is 40.8 Å². The Morgan fingerprint density at radius 3 is 2.63 bits per heavy atom. The maximum absolute atomic E-state index is 10.3. The third-order valence-electron chi connectivity index (χ3n) is 4.91. The van der Waals surface area contributed by atoms with Crippen LogP contribution in [0.1, 0.15) is 26.3 Å². The van der Waals surface area contributed by atoms with Crippen LogP contribution in [0.25, 0.3) is 0 Å². The van der Waals surface area contributed by atoms with Gasteiger partial charge in [-0.3, -0.25) is 4.90 Å². The highest BCUT2D eigenvalue weighted by molar-refractivity contribution is 5.25. The molecule has 1 aromatic rings. The quantitative estimate of drug-likeness (QED) is 0.848. The molecular formula is C16H24N2O. The average Bonchev–Trinajstić information content (AvgIpc) is 2.58. The lowest BCUT2D eigenvalue weighted by Gasteiger charge is -2.60. The van der Waals surface area contributed by atoms with Gasteiger partial charge >= 0.3 is 0 Å². The molecule has 0 bridgehead atoms. The van der Waals surface area contributed by atoms with E-state index < -0.39 is 0 Å². The number of aliphatic hydroxyl groups excluding tert-OH is 1. The lowest BCUT2D eigenvalue weighted by molar-refractivity contribution is -0.103. The van der Waals surface area contributed by atoms with Gasteiger partial charge in [-0.15, -0.1) is 0 Å². The first-order valence-electron chi connectivity index (χ1n) is 7.15. The third-order valence-corrected chi connectivity index (χ3v) is 4.91. The number of β-amino-alcohol motifs (C(OH)–C–C–N with tert-alkyl or cyclic N) is 1. The largest absolute Gasteiger partial charge is 0.390 e. The average molecular weight is 260 g/mol. The number of aliphatic hydroxyl groups is 1. The highest BCUT2D eigenvalue weighted by Gasteiger charge is 2.64. The van der Waals surface area contributed by atoms with Gasteiger partial charge < -0.3 is 10.4 Å². The van der Waals surface area contributed by atoms with E-state index in [1.54, 1.807) is 0 Å². The van der Waals surface area contributed by atoms with E-state index in [4.69, 9.17) is 0 Å². The molecule has 3 nitrogen and oxygen atoms in total. The molecule has 3 heteroatoms. The second-order valence-corrected chi connectivity index (χ2v) is 7.01. The normalized spacial score (nSPS) is 34.9. The number of fused-ring (bicyclic) bond motifs is 1. The van der Waals surface area contributed by atoms with Gasteiger partial charge in [0.1, 0.15) is 0 Å². The molecule has 104 valence electrons. The minimum absolute atomic E-state index is 0.0706. The number of benzene rings is 1. The molecule has 0 aromatic heterocycles. The molecule has 3 rings (SSSR count). The third kappa shape index (κ3) is 1.92. The van der Waals surface area contributed by atoms with Crippen molar-refractivity contribution < 1.29 is 5.11 Å². The molecule has 0 radical (unpaired) electrons. The van der Waals surface area contributed by atoms with Crippen molar-refractivity contribution in [2.75, 3.05) is 13.1 Å². The Labute approximate surface area is 115 Å². The Morgan fingerprint density at radius 1 is 1.32 bits per heavy atom. The Kier molecular flexibility index (Phi) is 2.97. The molecule has 19 heavy (non-hydrogen) atoms. The topological polar surface area (TPSA) is 35.5 Å². The van der Waals surface area contributed by atoms with Crippen LogP contribution in [0, 0.1) is 5.41 Å². The van der Waals surface area contributed by atoms with Crippen LogP contribution in [0.4, 0.5) is 0 Å². The zero-order chi connectivity index (χ0) is 13.7. The van der Waals surface area contributed by atoms with Crippen molar-refractivity contribution in [1.29, 1.82) is 0 Å². The standard InChI is InChI=1S/C16H24N2O/c1-15(2,3)16-11-18(14(16)13(19)9-17-16)10-12-7-5-4-6-8-12/h4-8,13-14,17,19H,9-11H2,1-3H3/t13-,14+,16+/m1/s1. The summed E-state index contributed by atoms with van der Waals surface area (Å²) in [5.41, 5.74) is 1.56. The van der Waals surface area contributed by atoms with Crippen molar-refractivity contribution in [2.45, 2.75) is 45.0 Å². The molecule has 2 fully saturated rings. The fourth-order valence-corrected chi connectivity index (χ4v) is 3.76. The van der Waals surface area contributed by atoms with Crippen LogP contribution in [0.3, 0.4) is 0 Å². The van der Waals surface area contributed by atoms with Gasteiger partial charge in [-0.2, -0.15) is 0 Å². The lowest BCUT2D eigenvalue weighted by atomic mass is 9.64. The van der Waals surface area contributed by atoms with Gasteiger partial charge in [-0.05, 0) is 11.0 Å². The van der Waals surface area contributed by atoms with Gasteiger partial charge in [0.25, 0.3) is 0 Å². The SMILES string of the molecule is CC(C)(C)[C@]12CN(Cc3ccccc3)[C@H]1[C@H](O)CN2.